The number of carbonyl (C=O) groups is 2. The van der Waals surface area contributed by atoms with Crippen molar-refractivity contribution in [2.45, 2.75) is 45.7 Å². The summed E-state index contributed by atoms with van der Waals surface area (Å²) in [6.45, 7) is 5.93. The number of nitrogens with two attached hydrogens (primary N) is 1. The molecule has 7 heteroatoms. The van der Waals surface area contributed by atoms with E-state index in [1.807, 2.05) is 0 Å². The van der Waals surface area contributed by atoms with Gasteiger partial charge in [-0.05, 0) is 33.6 Å². The zero-order chi connectivity index (χ0) is 15.6. The minimum atomic E-state index is -0.578. The highest BCUT2D eigenvalue weighted by molar-refractivity contribution is 6.02. The fraction of sp³-hybridized carbons (Fsp3) is 0.643. The van der Waals surface area contributed by atoms with Gasteiger partial charge in [-0.15, -0.1) is 0 Å². The van der Waals surface area contributed by atoms with Gasteiger partial charge in [0.15, 0.2) is 5.69 Å². The van der Waals surface area contributed by atoms with E-state index in [-0.39, 0.29) is 30.0 Å². The van der Waals surface area contributed by atoms with Gasteiger partial charge < -0.3 is 15.2 Å². The highest BCUT2D eigenvalue weighted by Gasteiger charge is 2.41. The van der Waals surface area contributed by atoms with Crippen LogP contribution in [-0.4, -0.2) is 40.5 Å². The molecular weight excluding hydrogens is 274 g/mol. The van der Waals surface area contributed by atoms with Crippen LogP contribution in [0.1, 0.15) is 53.2 Å². The summed E-state index contributed by atoms with van der Waals surface area (Å²) in [5, 5.41) is 4.28. The lowest BCUT2D eigenvalue weighted by Crippen LogP contribution is -2.31. The van der Waals surface area contributed by atoms with Gasteiger partial charge in [0, 0.05) is 5.54 Å². The van der Waals surface area contributed by atoms with Crippen molar-refractivity contribution in [2.75, 3.05) is 13.2 Å². The quantitative estimate of drug-likeness (QED) is 0.788. The van der Waals surface area contributed by atoms with E-state index < -0.39 is 11.9 Å². The SMILES string of the molecule is CCOC(=O)c1c(C)nn(CC2(N)CC2)c1C(=O)OCC. The van der Waals surface area contributed by atoms with Crippen LogP contribution in [0, 0.1) is 6.92 Å². The van der Waals surface area contributed by atoms with Gasteiger partial charge in [-0.1, -0.05) is 0 Å². The largest absolute Gasteiger partial charge is 0.462 e. The third kappa shape index (κ3) is 3.24. The molecular formula is C14H21N3O4. The number of ether oxygens (including phenoxy) is 2. The van der Waals surface area contributed by atoms with Crippen molar-refractivity contribution in [1.29, 1.82) is 0 Å². The molecule has 0 spiro atoms. The Balaban J connectivity index is 2.42. The molecule has 7 nitrogen and oxygen atoms in total. The molecule has 0 aromatic carbocycles. The lowest BCUT2D eigenvalue weighted by molar-refractivity contribution is 0.0469. The number of esters is 2. The monoisotopic (exact) mass is 295 g/mol. The molecule has 0 bridgehead atoms. The number of nitrogens with zero attached hydrogens (tertiary/aromatic N) is 2. The molecule has 1 heterocycles. The summed E-state index contributed by atoms with van der Waals surface area (Å²) in [5.41, 5.74) is 6.49. The summed E-state index contributed by atoms with van der Waals surface area (Å²) in [4.78, 5) is 24.3. The zero-order valence-corrected chi connectivity index (χ0v) is 12.6. The van der Waals surface area contributed by atoms with Crippen LogP contribution < -0.4 is 5.73 Å². The smallest absolute Gasteiger partial charge is 0.357 e. The second-order valence-electron chi connectivity index (χ2n) is 5.27. The minimum absolute atomic E-state index is 0.129. The van der Waals surface area contributed by atoms with E-state index in [9.17, 15) is 9.59 Å². The Morgan fingerprint density at radius 1 is 1.24 bits per heavy atom. The van der Waals surface area contributed by atoms with Crippen LogP contribution in [0.25, 0.3) is 0 Å². The normalized spacial score (nSPS) is 15.6. The third-order valence-corrected chi connectivity index (χ3v) is 3.43. The molecule has 1 aromatic heterocycles. The lowest BCUT2D eigenvalue weighted by Gasteiger charge is -2.12. The van der Waals surface area contributed by atoms with Crippen LogP contribution in [-0.2, 0) is 16.0 Å². The van der Waals surface area contributed by atoms with Crippen molar-refractivity contribution in [1.82, 2.24) is 9.78 Å². The van der Waals surface area contributed by atoms with E-state index in [4.69, 9.17) is 15.2 Å². The van der Waals surface area contributed by atoms with Crippen molar-refractivity contribution >= 4 is 11.9 Å². The average molecular weight is 295 g/mol. The second kappa shape index (κ2) is 5.85. The summed E-state index contributed by atoms with van der Waals surface area (Å²) in [6, 6.07) is 0. The van der Waals surface area contributed by atoms with Crippen LogP contribution in [0.5, 0.6) is 0 Å². The molecule has 1 aromatic rings. The van der Waals surface area contributed by atoms with Crippen molar-refractivity contribution < 1.29 is 19.1 Å². The second-order valence-corrected chi connectivity index (χ2v) is 5.27. The van der Waals surface area contributed by atoms with Gasteiger partial charge in [0.25, 0.3) is 0 Å². The number of carbonyl (C=O) groups excluding carboxylic acids is 2. The number of hydrogen-bond donors (Lipinski definition) is 1. The summed E-state index contributed by atoms with van der Waals surface area (Å²) in [5.74, 6) is -1.14. The Bertz CT molecular complexity index is 561. The molecule has 1 fully saturated rings. The Labute approximate surface area is 123 Å². The fourth-order valence-electron chi connectivity index (χ4n) is 2.17. The number of rotatable bonds is 6. The summed E-state index contributed by atoms with van der Waals surface area (Å²) in [6.07, 6.45) is 1.76. The van der Waals surface area contributed by atoms with Gasteiger partial charge in [-0.3, -0.25) is 4.68 Å². The molecule has 1 saturated carbocycles. The average Bonchev–Trinajstić information content (AvgIpc) is 3.02. The highest BCUT2D eigenvalue weighted by Crippen LogP contribution is 2.34. The topological polar surface area (TPSA) is 96.4 Å². The first-order valence-corrected chi connectivity index (χ1v) is 7.12. The maximum absolute atomic E-state index is 12.2. The molecule has 116 valence electrons. The van der Waals surface area contributed by atoms with E-state index in [0.717, 1.165) is 12.8 Å². The molecule has 0 amide bonds. The lowest BCUT2D eigenvalue weighted by atomic mass is 10.2. The number of hydrogen-bond acceptors (Lipinski definition) is 6. The third-order valence-electron chi connectivity index (χ3n) is 3.43. The molecule has 0 atom stereocenters. The van der Waals surface area contributed by atoms with E-state index in [1.165, 1.54) is 4.68 Å². The van der Waals surface area contributed by atoms with Crippen molar-refractivity contribution in [3.05, 3.63) is 17.0 Å². The first-order valence-electron chi connectivity index (χ1n) is 7.12. The first kappa shape index (κ1) is 15.5. The Kier molecular flexibility index (Phi) is 4.32. The molecule has 0 saturated heterocycles. The highest BCUT2D eigenvalue weighted by atomic mass is 16.5. The van der Waals surface area contributed by atoms with Gasteiger partial charge in [0.1, 0.15) is 5.56 Å². The summed E-state index contributed by atoms with van der Waals surface area (Å²) < 4.78 is 11.5. The number of aryl methyl sites for hydroxylation is 1. The van der Waals surface area contributed by atoms with Gasteiger partial charge in [-0.2, -0.15) is 5.10 Å². The maximum atomic E-state index is 12.2. The van der Waals surface area contributed by atoms with Crippen LogP contribution in [0.15, 0.2) is 0 Å². The first-order chi connectivity index (χ1) is 9.91. The van der Waals surface area contributed by atoms with Gasteiger partial charge in [0.05, 0.1) is 25.5 Å². The van der Waals surface area contributed by atoms with Crippen molar-refractivity contribution in [3.8, 4) is 0 Å². The molecule has 0 aliphatic heterocycles. The van der Waals surface area contributed by atoms with E-state index in [2.05, 4.69) is 5.10 Å². The van der Waals surface area contributed by atoms with Gasteiger partial charge in [-0.25, -0.2) is 9.59 Å². The molecule has 1 aliphatic carbocycles. The van der Waals surface area contributed by atoms with Gasteiger partial charge >= 0.3 is 11.9 Å². The number of aromatic nitrogens is 2. The standard InChI is InChI=1S/C14H21N3O4/c1-4-20-12(18)10-9(3)16-17(8-14(15)6-7-14)11(10)13(19)21-5-2/h4-8,15H2,1-3H3. The molecule has 1 aliphatic rings. The predicted octanol–water partition coefficient (Wildman–Crippen LogP) is 1.04. The van der Waals surface area contributed by atoms with E-state index in [0.29, 0.717) is 12.2 Å². The van der Waals surface area contributed by atoms with Crippen molar-refractivity contribution in [2.24, 2.45) is 5.73 Å². The van der Waals surface area contributed by atoms with Crippen LogP contribution in [0.2, 0.25) is 0 Å². The van der Waals surface area contributed by atoms with Crippen LogP contribution in [0.4, 0.5) is 0 Å². The Hall–Kier alpha value is -1.89. The summed E-state index contributed by atoms with van der Waals surface area (Å²) >= 11 is 0. The molecule has 2 rings (SSSR count). The van der Waals surface area contributed by atoms with Crippen LogP contribution in [0.3, 0.4) is 0 Å². The summed E-state index contributed by atoms with van der Waals surface area (Å²) in [7, 11) is 0. The van der Waals surface area contributed by atoms with E-state index >= 15 is 0 Å². The molecule has 2 N–H and O–H groups in total. The Morgan fingerprint density at radius 3 is 2.33 bits per heavy atom. The molecule has 21 heavy (non-hydrogen) atoms. The van der Waals surface area contributed by atoms with Gasteiger partial charge in [0.2, 0.25) is 0 Å². The zero-order valence-electron chi connectivity index (χ0n) is 12.6. The Morgan fingerprint density at radius 2 is 1.81 bits per heavy atom. The maximum Gasteiger partial charge on any atom is 0.357 e. The molecule has 0 radical (unpaired) electrons. The van der Waals surface area contributed by atoms with Crippen LogP contribution >= 0.6 is 0 Å². The van der Waals surface area contributed by atoms with Crippen molar-refractivity contribution in [3.63, 3.8) is 0 Å². The minimum Gasteiger partial charge on any atom is -0.462 e. The fourth-order valence-corrected chi connectivity index (χ4v) is 2.17. The molecule has 0 unspecified atom stereocenters. The predicted molar refractivity (Wildman–Crippen MR) is 75.0 cm³/mol. The van der Waals surface area contributed by atoms with E-state index in [1.54, 1.807) is 20.8 Å².